The van der Waals surface area contributed by atoms with E-state index in [2.05, 4.69) is 10.2 Å². The van der Waals surface area contributed by atoms with E-state index in [-0.39, 0.29) is 18.3 Å². The zero-order valence-electron chi connectivity index (χ0n) is 15.1. The third kappa shape index (κ3) is 4.40. The van der Waals surface area contributed by atoms with Crippen molar-refractivity contribution in [3.8, 4) is 5.75 Å². The highest BCUT2D eigenvalue weighted by Gasteiger charge is 2.22. The van der Waals surface area contributed by atoms with Gasteiger partial charge >= 0.3 is 0 Å². The summed E-state index contributed by atoms with van der Waals surface area (Å²) in [5, 5.41) is 8.73. The molecule has 0 saturated carbocycles. The highest BCUT2D eigenvalue weighted by atomic mass is 35.5. The molecule has 0 radical (unpaired) electrons. The third-order valence-electron chi connectivity index (χ3n) is 4.58. The summed E-state index contributed by atoms with van der Waals surface area (Å²) in [4.78, 5) is 12.5. The van der Waals surface area contributed by atoms with Crippen LogP contribution in [0.15, 0.2) is 52.9 Å². The van der Waals surface area contributed by atoms with E-state index in [1.54, 1.807) is 48.5 Å². The van der Waals surface area contributed by atoms with Gasteiger partial charge in [-0.25, -0.2) is 0 Å². The van der Waals surface area contributed by atoms with Gasteiger partial charge in [0.1, 0.15) is 5.75 Å². The van der Waals surface area contributed by atoms with E-state index in [1.165, 1.54) is 0 Å². The lowest BCUT2D eigenvalue weighted by molar-refractivity contribution is 0.0717. The van der Waals surface area contributed by atoms with Gasteiger partial charge in [-0.1, -0.05) is 11.6 Å². The quantitative estimate of drug-likeness (QED) is 0.572. The van der Waals surface area contributed by atoms with Crippen LogP contribution in [0.3, 0.4) is 0 Å². The lowest BCUT2D eigenvalue weighted by Gasteiger charge is -2.18. The molecule has 4 rings (SSSR count). The number of aromatic nitrogens is 2. The molecule has 1 saturated heterocycles. The molecule has 0 bridgehead atoms. The molecule has 28 heavy (non-hydrogen) atoms. The van der Waals surface area contributed by atoms with Gasteiger partial charge in [0.25, 0.3) is 5.89 Å². The molecule has 0 N–H and O–H groups in total. The van der Waals surface area contributed by atoms with Crippen molar-refractivity contribution >= 4 is 17.4 Å². The van der Waals surface area contributed by atoms with Crippen molar-refractivity contribution in [3.05, 3.63) is 76.5 Å². The molecule has 1 aliphatic rings. The molecular weight excluding hydrogens is 380 g/mol. The minimum Gasteiger partial charge on any atom is -0.484 e. The lowest BCUT2D eigenvalue weighted by atomic mass is 10.0. The van der Waals surface area contributed by atoms with E-state index >= 15 is 0 Å². The Bertz CT molecular complexity index is 932. The Labute approximate surface area is 167 Å². The van der Waals surface area contributed by atoms with Crippen LogP contribution in [0, 0.1) is 0 Å². The Morgan fingerprint density at radius 1 is 1.07 bits per heavy atom. The number of rotatable bonds is 6. The van der Waals surface area contributed by atoms with Crippen molar-refractivity contribution in [2.24, 2.45) is 0 Å². The second-order valence-electron chi connectivity index (χ2n) is 6.60. The molecule has 144 valence electrons. The third-order valence-corrected chi connectivity index (χ3v) is 4.83. The molecule has 0 amide bonds. The molecular formula is C21H19ClN2O4. The monoisotopic (exact) mass is 398 g/mol. The fourth-order valence-corrected chi connectivity index (χ4v) is 3.17. The first-order valence-electron chi connectivity index (χ1n) is 9.12. The molecule has 1 fully saturated rings. The number of carbonyl (C=O) groups excluding carboxylic acids is 1. The molecule has 2 heterocycles. The first-order valence-corrected chi connectivity index (χ1v) is 9.50. The van der Waals surface area contributed by atoms with Crippen LogP contribution in [-0.4, -0.2) is 29.2 Å². The second-order valence-corrected chi connectivity index (χ2v) is 7.03. The van der Waals surface area contributed by atoms with Crippen LogP contribution >= 0.6 is 11.6 Å². The van der Waals surface area contributed by atoms with Crippen molar-refractivity contribution in [3.63, 3.8) is 0 Å². The normalized spacial score (nSPS) is 16.7. The van der Waals surface area contributed by atoms with Gasteiger partial charge in [-0.3, -0.25) is 4.79 Å². The average Bonchev–Trinajstić information content (AvgIpc) is 3.22. The predicted molar refractivity (Wildman–Crippen MR) is 103 cm³/mol. The largest absolute Gasteiger partial charge is 0.484 e. The van der Waals surface area contributed by atoms with Gasteiger partial charge in [-0.15, -0.1) is 10.2 Å². The number of hydrogen-bond acceptors (Lipinski definition) is 6. The van der Waals surface area contributed by atoms with E-state index in [4.69, 9.17) is 25.5 Å². The van der Waals surface area contributed by atoms with E-state index in [9.17, 15) is 4.79 Å². The van der Waals surface area contributed by atoms with Crippen molar-refractivity contribution in [2.75, 3.05) is 13.2 Å². The summed E-state index contributed by atoms with van der Waals surface area (Å²) < 4.78 is 16.8. The molecule has 7 heteroatoms. The standard InChI is InChI=1S/C21H19ClN2O4/c22-17-7-3-14(4-8-17)20(25)15-5-9-18(10-6-15)27-13-19-23-24-21(28-19)16-2-1-11-26-12-16/h3-10,16H,1-2,11-13H2. The Hall–Kier alpha value is -2.70. The lowest BCUT2D eigenvalue weighted by Crippen LogP contribution is -2.15. The summed E-state index contributed by atoms with van der Waals surface area (Å²) in [7, 11) is 0. The van der Waals surface area contributed by atoms with Crippen molar-refractivity contribution in [1.29, 1.82) is 0 Å². The highest BCUT2D eigenvalue weighted by molar-refractivity contribution is 6.30. The number of hydrogen-bond donors (Lipinski definition) is 0. The SMILES string of the molecule is O=C(c1ccc(Cl)cc1)c1ccc(OCc2nnc(C3CCCOC3)o2)cc1. The maximum absolute atomic E-state index is 12.5. The second kappa shape index (κ2) is 8.54. The fraction of sp³-hybridized carbons (Fsp3) is 0.286. The fourth-order valence-electron chi connectivity index (χ4n) is 3.04. The van der Waals surface area contributed by atoms with Crippen molar-refractivity contribution in [2.45, 2.75) is 25.4 Å². The van der Waals surface area contributed by atoms with Gasteiger partial charge in [0.05, 0.1) is 12.5 Å². The summed E-state index contributed by atoms with van der Waals surface area (Å²) in [5.74, 6) is 1.73. The molecule has 2 aromatic carbocycles. The maximum atomic E-state index is 12.5. The van der Waals surface area contributed by atoms with Gasteiger partial charge in [0.2, 0.25) is 5.89 Å². The van der Waals surface area contributed by atoms with Gasteiger partial charge in [0, 0.05) is 22.8 Å². The van der Waals surface area contributed by atoms with Crippen LogP contribution in [0.5, 0.6) is 5.75 Å². The van der Waals surface area contributed by atoms with E-state index < -0.39 is 0 Å². The Kier molecular flexibility index (Phi) is 5.69. The number of nitrogens with zero attached hydrogens (tertiary/aromatic N) is 2. The summed E-state index contributed by atoms with van der Waals surface area (Å²) in [5.41, 5.74) is 1.16. The molecule has 1 atom stereocenters. The number of benzene rings is 2. The minimum absolute atomic E-state index is 0.0699. The Balaban J connectivity index is 1.35. The molecule has 1 aliphatic heterocycles. The van der Waals surface area contributed by atoms with Crippen molar-refractivity contribution < 1.29 is 18.7 Å². The van der Waals surface area contributed by atoms with Gasteiger partial charge in [-0.05, 0) is 61.4 Å². The summed E-state index contributed by atoms with van der Waals surface area (Å²) >= 11 is 5.86. The minimum atomic E-state index is -0.0699. The van der Waals surface area contributed by atoms with Crippen LogP contribution in [0.4, 0.5) is 0 Å². The number of ether oxygens (including phenoxy) is 2. The van der Waals surface area contributed by atoms with Gasteiger partial charge in [0.15, 0.2) is 12.4 Å². The molecule has 1 aromatic heterocycles. The number of carbonyl (C=O) groups is 1. The van der Waals surface area contributed by atoms with E-state index in [0.29, 0.717) is 40.3 Å². The molecule has 0 aliphatic carbocycles. The summed E-state index contributed by atoms with van der Waals surface area (Å²) in [6, 6.07) is 13.8. The molecule has 0 spiro atoms. The summed E-state index contributed by atoms with van der Waals surface area (Å²) in [6.45, 7) is 1.58. The Morgan fingerprint density at radius 2 is 1.79 bits per heavy atom. The van der Waals surface area contributed by atoms with Gasteiger partial charge < -0.3 is 13.9 Å². The van der Waals surface area contributed by atoms with E-state index in [0.717, 1.165) is 19.4 Å². The number of halogens is 1. The smallest absolute Gasteiger partial charge is 0.253 e. The molecule has 6 nitrogen and oxygen atoms in total. The predicted octanol–water partition coefficient (Wildman–Crippen LogP) is 4.43. The van der Waals surface area contributed by atoms with Crippen LogP contribution in [0.1, 0.15) is 46.5 Å². The highest BCUT2D eigenvalue weighted by Crippen LogP contribution is 2.24. The average molecular weight is 399 g/mol. The first-order chi connectivity index (χ1) is 13.7. The maximum Gasteiger partial charge on any atom is 0.253 e. The summed E-state index contributed by atoms with van der Waals surface area (Å²) in [6.07, 6.45) is 1.99. The zero-order valence-corrected chi connectivity index (χ0v) is 15.9. The topological polar surface area (TPSA) is 74.5 Å². The van der Waals surface area contributed by atoms with Crippen LogP contribution in [-0.2, 0) is 11.3 Å². The molecule has 1 unspecified atom stereocenters. The Morgan fingerprint density at radius 3 is 2.46 bits per heavy atom. The van der Waals surface area contributed by atoms with Crippen molar-refractivity contribution in [1.82, 2.24) is 10.2 Å². The van der Waals surface area contributed by atoms with E-state index in [1.807, 2.05) is 0 Å². The zero-order chi connectivity index (χ0) is 19.3. The first kappa shape index (κ1) is 18.7. The van der Waals surface area contributed by atoms with Crippen LogP contribution < -0.4 is 4.74 Å². The van der Waals surface area contributed by atoms with Gasteiger partial charge in [-0.2, -0.15) is 0 Å². The number of ketones is 1. The molecule has 3 aromatic rings. The van der Waals surface area contributed by atoms with Crippen LogP contribution in [0.2, 0.25) is 5.02 Å². The van der Waals surface area contributed by atoms with Crippen LogP contribution in [0.25, 0.3) is 0 Å².